The Hall–Kier alpha value is -2.14. The number of hydrogen-bond acceptors (Lipinski definition) is 2. The molecule has 0 bridgehead atoms. The van der Waals surface area contributed by atoms with Gasteiger partial charge in [0.25, 0.3) is 0 Å². The van der Waals surface area contributed by atoms with E-state index in [1.807, 2.05) is 12.1 Å². The van der Waals surface area contributed by atoms with Gasteiger partial charge in [-0.3, -0.25) is 0 Å². The highest BCUT2D eigenvalue weighted by Gasteiger charge is 2.18. The lowest BCUT2D eigenvalue weighted by Gasteiger charge is -2.31. The first-order chi connectivity index (χ1) is 10.1. The lowest BCUT2D eigenvalue weighted by Crippen LogP contribution is -2.31. The van der Waals surface area contributed by atoms with Crippen molar-refractivity contribution in [2.24, 2.45) is 5.73 Å². The van der Waals surface area contributed by atoms with E-state index in [4.69, 9.17) is 18.0 Å². The van der Waals surface area contributed by atoms with Crippen molar-refractivity contribution in [3.63, 3.8) is 0 Å². The monoisotopic (exact) mass is 301 g/mol. The zero-order chi connectivity index (χ0) is 14.8. The van der Waals surface area contributed by atoms with E-state index in [-0.39, 0.29) is 10.9 Å². The Balaban J connectivity index is 1.83. The van der Waals surface area contributed by atoms with Crippen LogP contribution in [0.4, 0.5) is 15.8 Å². The second kappa shape index (κ2) is 5.69. The fourth-order valence-corrected chi connectivity index (χ4v) is 2.80. The van der Waals surface area contributed by atoms with Crippen LogP contribution in [0, 0.1) is 5.82 Å². The molecule has 5 heteroatoms. The number of nitrogens with one attached hydrogen (secondary N) is 1. The number of thiocarbonyl (C=S) groups is 1. The molecule has 108 valence electrons. The minimum atomic E-state index is -0.268. The third-order valence-electron chi connectivity index (χ3n) is 3.69. The lowest BCUT2D eigenvalue weighted by atomic mass is 9.99. The summed E-state index contributed by atoms with van der Waals surface area (Å²) in [5.74, 6) is -0.268. The molecule has 3 rings (SSSR count). The van der Waals surface area contributed by atoms with Gasteiger partial charge in [-0.15, -0.1) is 0 Å². The van der Waals surface area contributed by atoms with E-state index in [0.29, 0.717) is 11.4 Å². The molecule has 0 atom stereocenters. The molecular formula is C16H16FN3S. The van der Waals surface area contributed by atoms with E-state index < -0.39 is 0 Å². The van der Waals surface area contributed by atoms with Crippen LogP contribution < -0.4 is 16.0 Å². The third kappa shape index (κ3) is 2.97. The first kappa shape index (κ1) is 13.8. The molecule has 2 aromatic carbocycles. The number of hydrogen-bond donors (Lipinski definition) is 2. The smallest absolute Gasteiger partial charge is 0.168 e. The van der Waals surface area contributed by atoms with Crippen LogP contribution in [0.25, 0.3) is 0 Å². The van der Waals surface area contributed by atoms with E-state index in [1.165, 1.54) is 17.2 Å². The number of anilines is 2. The average Bonchev–Trinajstić information content (AvgIpc) is 2.46. The summed E-state index contributed by atoms with van der Waals surface area (Å²) in [5, 5.41) is 2.88. The molecule has 1 heterocycles. The summed E-state index contributed by atoms with van der Waals surface area (Å²) in [6.07, 6.45) is 0.933. The Morgan fingerprint density at radius 3 is 2.67 bits per heavy atom. The van der Waals surface area contributed by atoms with Crippen LogP contribution >= 0.6 is 12.2 Å². The minimum absolute atomic E-state index is 0.133. The predicted molar refractivity (Wildman–Crippen MR) is 88.0 cm³/mol. The molecule has 3 nitrogen and oxygen atoms in total. The summed E-state index contributed by atoms with van der Waals surface area (Å²) in [7, 11) is 0. The molecule has 2 aromatic rings. The van der Waals surface area contributed by atoms with Crippen LogP contribution in [0.3, 0.4) is 0 Å². The summed E-state index contributed by atoms with van der Waals surface area (Å²) in [6.45, 7) is 1.55. The van der Waals surface area contributed by atoms with Gasteiger partial charge in [-0.2, -0.15) is 0 Å². The van der Waals surface area contributed by atoms with Crippen LogP contribution in [-0.4, -0.2) is 11.7 Å². The van der Waals surface area contributed by atoms with Crippen molar-refractivity contribution in [3.8, 4) is 0 Å². The molecule has 0 fully saturated rings. The number of benzene rings is 2. The van der Waals surface area contributed by atoms with Crippen LogP contribution in [0.15, 0.2) is 42.5 Å². The van der Waals surface area contributed by atoms with Gasteiger partial charge in [-0.25, -0.2) is 4.39 Å². The van der Waals surface area contributed by atoms with Crippen LogP contribution in [0.2, 0.25) is 0 Å². The van der Waals surface area contributed by atoms with Crippen molar-refractivity contribution in [1.82, 2.24) is 0 Å². The van der Waals surface area contributed by atoms with E-state index in [0.717, 1.165) is 19.5 Å². The molecule has 0 spiro atoms. The molecule has 3 N–H and O–H groups in total. The molecule has 0 saturated heterocycles. The molecule has 0 amide bonds. The fraction of sp³-hybridized carbons (Fsp3) is 0.188. The summed E-state index contributed by atoms with van der Waals surface area (Å²) < 4.78 is 14.3. The van der Waals surface area contributed by atoms with Crippen molar-refractivity contribution in [3.05, 3.63) is 59.4 Å². The van der Waals surface area contributed by atoms with Gasteiger partial charge in [0.15, 0.2) is 5.11 Å². The van der Waals surface area contributed by atoms with Crippen LogP contribution in [-0.2, 0) is 13.0 Å². The van der Waals surface area contributed by atoms with Gasteiger partial charge in [0, 0.05) is 18.8 Å². The second-order valence-corrected chi connectivity index (χ2v) is 5.54. The maximum absolute atomic E-state index is 14.3. The van der Waals surface area contributed by atoms with Crippen LogP contribution in [0.1, 0.15) is 11.1 Å². The fourth-order valence-electron chi connectivity index (χ4n) is 2.68. The van der Waals surface area contributed by atoms with E-state index in [1.54, 1.807) is 12.1 Å². The predicted octanol–water partition coefficient (Wildman–Crippen LogP) is 3.04. The standard InChI is InChI=1S/C16H16FN3S/c17-14-9-13(19-16(18)21)5-6-15(14)20-8-7-11-3-1-2-4-12(11)10-20/h1-6,9H,7-8,10H2,(H3,18,19,21). The normalized spacial score (nSPS) is 13.7. The molecule has 0 aromatic heterocycles. The summed E-state index contributed by atoms with van der Waals surface area (Å²) in [6, 6.07) is 13.3. The van der Waals surface area contributed by atoms with Crippen molar-refractivity contribution >= 4 is 28.7 Å². The number of nitrogens with zero attached hydrogens (tertiary/aromatic N) is 1. The van der Waals surface area contributed by atoms with Gasteiger partial charge in [0.05, 0.1) is 5.69 Å². The Morgan fingerprint density at radius 1 is 1.19 bits per heavy atom. The van der Waals surface area contributed by atoms with Crippen molar-refractivity contribution in [2.45, 2.75) is 13.0 Å². The number of nitrogens with two attached hydrogens (primary N) is 1. The molecule has 0 aliphatic carbocycles. The largest absolute Gasteiger partial charge is 0.376 e. The van der Waals surface area contributed by atoms with E-state index >= 15 is 0 Å². The Bertz CT molecular complexity index is 687. The molecule has 21 heavy (non-hydrogen) atoms. The van der Waals surface area contributed by atoms with Gasteiger partial charge in [0.2, 0.25) is 0 Å². The van der Waals surface area contributed by atoms with Crippen molar-refractivity contribution in [2.75, 3.05) is 16.8 Å². The van der Waals surface area contributed by atoms with Gasteiger partial charge in [-0.05, 0) is 48.0 Å². The first-order valence-electron chi connectivity index (χ1n) is 6.81. The molecule has 1 aliphatic rings. The van der Waals surface area contributed by atoms with Crippen LogP contribution in [0.5, 0.6) is 0 Å². The zero-order valence-corrected chi connectivity index (χ0v) is 12.3. The Morgan fingerprint density at radius 2 is 1.95 bits per heavy atom. The molecule has 0 saturated carbocycles. The second-order valence-electron chi connectivity index (χ2n) is 5.10. The first-order valence-corrected chi connectivity index (χ1v) is 7.22. The van der Waals surface area contributed by atoms with Gasteiger partial charge < -0.3 is 16.0 Å². The summed E-state index contributed by atoms with van der Waals surface area (Å²) in [5.41, 5.74) is 9.18. The average molecular weight is 301 g/mol. The summed E-state index contributed by atoms with van der Waals surface area (Å²) >= 11 is 4.76. The van der Waals surface area contributed by atoms with E-state index in [2.05, 4.69) is 22.3 Å². The maximum atomic E-state index is 14.3. The number of rotatable bonds is 2. The van der Waals surface area contributed by atoms with Gasteiger partial charge in [0.1, 0.15) is 5.82 Å². The van der Waals surface area contributed by atoms with Gasteiger partial charge >= 0.3 is 0 Å². The van der Waals surface area contributed by atoms with E-state index in [9.17, 15) is 4.39 Å². The molecular weight excluding hydrogens is 285 g/mol. The zero-order valence-electron chi connectivity index (χ0n) is 11.5. The quantitative estimate of drug-likeness (QED) is 0.837. The maximum Gasteiger partial charge on any atom is 0.168 e. The highest BCUT2D eigenvalue weighted by Crippen LogP contribution is 2.28. The minimum Gasteiger partial charge on any atom is -0.376 e. The highest BCUT2D eigenvalue weighted by molar-refractivity contribution is 7.80. The van der Waals surface area contributed by atoms with Gasteiger partial charge in [-0.1, -0.05) is 24.3 Å². The molecule has 1 aliphatic heterocycles. The highest BCUT2D eigenvalue weighted by atomic mass is 32.1. The topological polar surface area (TPSA) is 41.3 Å². The number of halogens is 1. The molecule has 0 unspecified atom stereocenters. The van der Waals surface area contributed by atoms with Crippen molar-refractivity contribution < 1.29 is 4.39 Å². The third-order valence-corrected chi connectivity index (χ3v) is 3.79. The SMILES string of the molecule is NC(=S)Nc1ccc(N2CCc3ccccc3C2)c(F)c1. The van der Waals surface area contributed by atoms with Crippen molar-refractivity contribution in [1.29, 1.82) is 0 Å². The number of fused-ring (bicyclic) bond motifs is 1. The summed E-state index contributed by atoms with van der Waals surface area (Å²) in [4.78, 5) is 2.06. The molecule has 0 radical (unpaired) electrons. The Labute approximate surface area is 128 Å². The lowest BCUT2D eigenvalue weighted by molar-refractivity contribution is 0.611. The Kier molecular flexibility index (Phi) is 3.75.